The van der Waals surface area contributed by atoms with E-state index in [2.05, 4.69) is 0 Å². The van der Waals surface area contributed by atoms with Crippen molar-refractivity contribution in [1.29, 1.82) is 0 Å². The van der Waals surface area contributed by atoms with Gasteiger partial charge in [-0.15, -0.1) is 0 Å². The second-order valence-electron chi connectivity index (χ2n) is 7.41. The predicted octanol–water partition coefficient (Wildman–Crippen LogP) is 4.13. The molecule has 0 saturated carbocycles. The number of halogens is 3. The van der Waals surface area contributed by atoms with Gasteiger partial charge in [-0.25, -0.2) is 4.79 Å². The van der Waals surface area contributed by atoms with Crippen LogP contribution in [-0.4, -0.2) is 36.1 Å². The molecular weight excluding hydrogens is 361 g/mol. The Kier molecular flexibility index (Phi) is 6.06. The Bertz CT molecular complexity index is 691. The lowest BCUT2D eigenvalue weighted by atomic mass is 9.78. The number of esters is 1. The third kappa shape index (κ3) is 4.19. The Morgan fingerprint density at radius 1 is 1.19 bits per heavy atom. The Hall–Kier alpha value is -1.86. The molecule has 1 aliphatic carbocycles. The molecule has 0 aliphatic heterocycles. The number of aliphatic hydroxyl groups is 1. The molecule has 2 rings (SSSR count). The third-order valence-corrected chi connectivity index (χ3v) is 5.15. The molecule has 3 atom stereocenters. The van der Waals surface area contributed by atoms with E-state index in [1.54, 1.807) is 32.9 Å². The summed E-state index contributed by atoms with van der Waals surface area (Å²) in [4.78, 5) is 12.8. The number of carbonyl (C=O) groups is 1. The van der Waals surface area contributed by atoms with Crippen molar-refractivity contribution in [2.24, 2.45) is 5.92 Å². The van der Waals surface area contributed by atoms with E-state index in [4.69, 9.17) is 9.47 Å². The standard InChI is InChI=1S/C20H25F3O4/c1-13-10-11-15(18(2,3)25)12-16(13)27-17(24)19(26-4,20(21,22)23)14-8-6-5-7-9-14/h5-10,15-16,25H,11-12H2,1-4H3/t15-,16+,19+/m0/s1. The molecule has 0 amide bonds. The van der Waals surface area contributed by atoms with Crippen LogP contribution in [0.5, 0.6) is 0 Å². The van der Waals surface area contributed by atoms with Crippen molar-refractivity contribution < 1.29 is 32.5 Å². The van der Waals surface area contributed by atoms with Crippen LogP contribution in [0.15, 0.2) is 42.0 Å². The molecule has 0 spiro atoms. The SMILES string of the molecule is CO[C@@](C(=O)O[C@@H]1C[C@@H](C(C)(C)O)CC=C1C)(c1ccccc1)C(F)(F)F. The minimum Gasteiger partial charge on any atom is -0.455 e. The van der Waals surface area contributed by atoms with Crippen LogP contribution in [0, 0.1) is 5.92 Å². The molecular formula is C20H25F3O4. The van der Waals surface area contributed by atoms with Crippen molar-refractivity contribution in [3.8, 4) is 0 Å². The second kappa shape index (κ2) is 7.64. The van der Waals surface area contributed by atoms with E-state index in [1.807, 2.05) is 0 Å². The molecule has 1 N–H and O–H groups in total. The maximum Gasteiger partial charge on any atom is 0.432 e. The summed E-state index contributed by atoms with van der Waals surface area (Å²) in [6.45, 7) is 4.96. The van der Waals surface area contributed by atoms with Gasteiger partial charge in [0, 0.05) is 12.7 Å². The van der Waals surface area contributed by atoms with Crippen molar-refractivity contribution >= 4 is 5.97 Å². The van der Waals surface area contributed by atoms with E-state index < -0.39 is 29.5 Å². The molecule has 27 heavy (non-hydrogen) atoms. The van der Waals surface area contributed by atoms with Crippen molar-refractivity contribution in [3.05, 3.63) is 47.5 Å². The summed E-state index contributed by atoms with van der Waals surface area (Å²) < 4.78 is 51.9. The number of alkyl halides is 3. The fourth-order valence-corrected chi connectivity index (χ4v) is 3.32. The number of hydrogen-bond donors (Lipinski definition) is 1. The highest BCUT2D eigenvalue weighted by Crippen LogP contribution is 2.44. The number of benzene rings is 1. The summed E-state index contributed by atoms with van der Waals surface area (Å²) in [5, 5.41) is 10.2. The number of ether oxygens (including phenoxy) is 2. The van der Waals surface area contributed by atoms with Gasteiger partial charge in [0.15, 0.2) is 0 Å². The van der Waals surface area contributed by atoms with E-state index in [1.165, 1.54) is 24.3 Å². The highest BCUT2D eigenvalue weighted by molar-refractivity contribution is 5.83. The summed E-state index contributed by atoms with van der Waals surface area (Å²) in [5.74, 6) is -1.75. The lowest BCUT2D eigenvalue weighted by Gasteiger charge is -2.38. The molecule has 1 aromatic carbocycles. The number of methoxy groups -OCH3 is 1. The van der Waals surface area contributed by atoms with E-state index in [-0.39, 0.29) is 17.9 Å². The monoisotopic (exact) mass is 386 g/mol. The van der Waals surface area contributed by atoms with Gasteiger partial charge in [0.05, 0.1) is 5.60 Å². The molecule has 0 saturated heterocycles. The van der Waals surface area contributed by atoms with E-state index in [9.17, 15) is 23.1 Å². The maximum atomic E-state index is 13.9. The van der Waals surface area contributed by atoms with Crippen LogP contribution in [0.1, 0.15) is 39.2 Å². The molecule has 0 aromatic heterocycles. The Morgan fingerprint density at radius 2 is 1.78 bits per heavy atom. The van der Waals surface area contributed by atoms with Crippen LogP contribution in [0.4, 0.5) is 13.2 Å². The van der Waals surface area contributed by atoms with E-state index >= 15 is 0 Å². The molecule has 0 radical (unpaired) electrons. The largest absolute Gasteiger partial charge is 0.455 e. The molecule has 0 heterocycles. The normalized spacial score (nSPS) is 23.3. The van der Waals surface area contributed by atoms with Crippen LogP contribution in [-0.2, 0) is 19.9 Å². The van der Waals surface area contributed by atoms with Crippen molar-refractivity contribution in [1.82, 2.24) is 0 Å². The predicted molar refractivity (Wildman–Crippen MR) is 93.8 cm³/mol. The van der Waals surface area contributed by atoms with Gasteiger partial charge < -0.3 is 14.6 Å². The summed E-state index contributed by atoms with van der Waals surface area (Å²) in [7, 11) is 0.838. The molecule has 4 nitrogen and oxygen atoms in total. The lowest BCUT2D eigenvalue weighted by molar-refractivity contribution is -0.278. The summed E-state index contributed by atoms with van der Waals surface area (Å²) >= 11 is 0. The molecule has 150 valence electrons. The number of allylic oxidation sites excluding steroid dienone is 1. The lowest BCUT2D eigenvalue weighted by Crippen LogP contribution is -2.53. The van der Waals surface area contributed by atoms with E-state index in [0.29, 0.717) is 12.0 Å². The van der Waals surface area contributed by atoms with Crippen LogP contribution in [0.2, 0.25) is 0 Å². The van der Waals surface area contributed by atoms with Gasteiger partial charge in [0.1, 0.15) is 6.10 Å². The van der Waals surface area contributed by atoms with Gasteiger partial charge in [0.25, 0.3) is 5.60 Å². The fourth-order valence-electron chi connectivity index (χ4n) is 3.32. The molecule has 1 aliphatic rings. The fraction of sp³-hybridized carbons (Fsp3) is 0.550. The molecule has 1 aromatic rings. The maximum absolute atomic E-state index is 13.9. The van der Waals surface area contributed by atoms with Crippen molar-refractivity contribution in [2.45, 2.75) is 57.1 Å². The van der Waals surface area contributed by atoms with Gasteiger partial charge >= 0.3 is 12.1 Å². The Morgan fingerprint density at radius 3 is 2.26 bits per heavy atom. The summed E-state index contributed by atoms with van der Waals surface area (Å²) in [6, 6.07) is 6.72. The third-order valence-electron chi connectivity index (χ3n) is 5.15. The number of carbonyl (C=O) groups excluding carboxylic acids is 1. The average Bonchev–Trinajstić information content (AvgIpc) is 2.56. The minimum absolute atomic E-state index is 0.237. The molecule has 0 bridgehead atoms. The zero-order chi connectivity index (χ0) is 20.5. The van der Waals surface area contributed by atoms with Gasteiger partial charge in [-0.1, -0.05) is 36.4 Å². The van der Waals surface area contributed by atoms with Gasteiger partial charge in [0.2, 0.25) is 0 Å². The first kappa shape index (κ1) is 21.4. The first-order chi connectivity index (χ1) is 12.4. The Labute approximate surface area is 157 Å². The van der Waals surface area contributed by atoms with Crippen molar-refractivity contribution in [2.75, 3.05) is 7.11 Å². The Balaban J connectivity index is 2.37. The number of rotatable bonds is 5. The van der Waals surface area contributed by atoms with Gasteiger partial charge in [-0.2, -0.15) is 13.2 Å². The molecule has 0 unspecified atom stereocenters. The van der Waals surface area contributed by atoms with Crippen LogP contribution >= 0.6 is 0 Å². The quantitative estimate of drug-likeness (QED) is 0.611. The zero-order valence-electron chi connectivity index (χ0n) is 15.8. The highest BCUT2D eigenvalue weighted by Gasteiger charge is 2.64. The average molecular weight is 386 g/mol. The molecule has 0 fully saturated rings. The second-order valence-corrected chi connectivity index (χ2v) is 7.41. The number of hydrogen-bond acceptors (Lipinski definition) is 4. The molecule has 7 heteroatoms. The summed E-state index contributed by atoms with van der Waals surface area (Å²) in [5.41, 5.74) is -3.94. The van der Waals surface area contributed by atoms with Gasteiger partial charge in [-0.05, 0) is 45.1 Å². The smallest absolute Gasteiger partial charge is 0.432 e. The van der Waals surface area contributed by atoms with Gasteiger partial charge in [-0.3, -0.25) is 0 Å². The highest BCUT2D eigenvalue weighted by atomic mass is 19.4. The summed E-state index contributed by atoms with van der Waals surface area (Å²) in [6.07, 6.45) is -3.28. The first-order valence-electron chi connectivity index (χ1n) is 8.71. The van der Waals surface area contributed by atoms with Crippen LogP contribution in [0.3, 0.4) is 0 Å². The first-order valence-corrected chi connectivity index (χ1v) is 8.71. The minimum atomic E-state index is -5.01. The van der Waals surface area contributed by atoms with Crippen LogP contribution in [0.25, 0.3) is 0 Å². The zero-order valence-corrected chi connectivity index (χ0v) is 15.8. The van der Waals surface area contributed by atoms with Crippen molar-refractivity contribution in [3.63, 3.8) is 0 Å². The van der Waals surface area contributed by atoms with Crippen LogP contribution < -0.4 is 0 Å². The topological polar surface area (TPSA) is 55.8 Å². The van der Waals surface area contributed by atoms with E-state index in [0.717, 1.165) is 7.11 Å².